The summed E-state index contributed by atoms with van der Waals surface area (Å²) in [4.78, 5) is 17.0. The Hall–Kier alpha value is -2.48. The lowest BCUT2D eigenvalue weighted by Gasteiger charge is -2.24. The molecule has 8 heteroatoms. The van der Waals surface area contributed by atoms with Crippen LogP contribution in [0.3, 0.4) is 0 Å². The van der Waals surface area contributed by atoms with Gasteiger partial charge in [0.1, 0.15) is 11.9 Å². The Morgan fingerprint density at radius 2 is 1.89 bits per heavy atom. The Morgan fingerprint density at radius 3 is 2.68 bits per heavy atom. The molecule has 0 spiro atoms. The van der Waals surface area contributed by atoms with Crippen LogP contribution in [0.1, 0.15) is 12.8 Å². The molecule has 1 N–H and O–H groups in total. The zero-order valence-corrected chi connectivity index (χ0v) is 16.4. The molecule has 0 aliphatic carbocycles. The Morgan fingerprint density at radius 1 is 1.11 bits per heavy atom. The molecule has 1 aliphatic rings. The highest BCUT2D eigenvalue weighted by molar-refractivity contribution is 7.89. The van der Waals surface area contributed by atoms with E-state index in [2.05, 4.69) is 10.3 Å². The van der Waals surface area contributed by atoms with Gasteiger partial charge in [0.2, 0.25) is 15.9 Å². The lowest BCUT2D eigenvalue weighted by atomic mass is 10.1. The van der Waals surface area contributed by atoms with E-state index in [1.807, 2.05) is 24.3 Å². The van der Waals surface area contributed by atoms with Crippen molar-refractivity contribution in [2.75, 3.05) is 11.9 Å². The Kier molecular flexibility index (Phi) is 5.05. The first kappa shape index (κ1) is 18.9. The molecule has 28 heavy (non-hydrogen) atoms. The molecule has 1 saturated heterocycles. The third kappa shape index (κ3) is 3.48. The van der Waals surface area contributed by atoms with Crippen LogP contribution >= 0.6 is 11.6 Å². The summed E-state index contributed by atoms with van der Waals surface area (Å²) < 4.78 is 28.0. The van der Waals surface area contributed by atoms with Crippen molar-refractivity contribution in [3.05, 3.63) is 65.8 Å². The summed E-state index contributed by atoms with van der Waals surface area (Å²) in [6.45, 7) is 0.303. The number of nitrogens with zero attached hydrogens (tertiary/aromatic N) is 2. The number of hydrogen-bond acceptors (Lipinski definition) is 4. The number of rotatable bonds is 4. The Labute approximate surface area is 168 Å². The molecule has 0 bridgehead atoms. The van der Waals surface area contributed by atoms with Crippen LogP contribution in [0.5, 0.6) is 0 Å². The van der Waals surface area contributed by atoms with Crippen LogP contribution in [-0.4, -0.2) is 36.2 Å². The van der Waals surface area contributed by atoms with E-state index < -0.39 is 22.0 Å². The number of benzene rings is 2. The standard InChI is InChI=1S/C20H18ClN3O3S/c21-15-10-11-19(22-13-15)23-20(25)17-8-4-12-24(17)28(26,27)18-9-3-6-14-5-1-2-7-16(14)18/h1-3,5-7,9-11,13,17H,4,8,12H2,(H,22,23,25)/t17-/m0/s1. The van der Waals surface area contributed by atoms with Gasteiger partial charge in [-0.25, -0.2) is 13.4 Å². The molecule has 4 rings (SSSR count). The van der Waals surface area contributed by atoms with Gasteiger partial charge in [0.15, 0.2) is 0 Å². The van der Waals surface area contributed by atoms with Crippen LogP contribution in [0, 0.1) is 0 Å². The maximum absolute atomic E-state index is 13.4. The largest absolute Gasteiger partial charge is 0.309 e. The number of sulfonamides is 1. The van der Waals surface area contributed by atoms with Gasteiger partial charge in [-0.1, -0.05) is 48.0 Å². The van der Waals surface area contributed by atoms with Crippen LogP contribution < -0.4 is 5.32 Å². The van der Waals surface area contributed by atoms with Crippen molar-refractivity contribution >= 4 is 44.1 Å². The zero-order chi connectivity index (χ0) is 19.7. The Bertz CT molecular complexity index is 1130. The van der Waals surface area contributed by atoms with Crippen LogP contribution in [-0.2, 0) is 14.8 Å². The topological polar surface area (TPSA) is 79.4 Å². The highest BCUT2D eigenvalue weighted by Crippen LogP contribution is 2.31. The van der Waals surface area contributed by atoms with Crippen molar-refractivity contribution in [1.29, 1.82) is 0 Å². The fraction of sp³-hybridized carbons (Fsp3) is 0.200. The lowest BCUT2D eigenvalue weighted by molar-refractivity contribution is -0.119. The number of carbonyl (C=O) groups is 1. The summed E-state index contributed by atoms with van der Waals surface area (Å²) in [5, 5.41) is 4.63. The molecule has 6 nitrogen and oxygen atoms in total. The van der Waals surface area contributed by atoms with Gasteiger partial charge in [-0.2, -0.15) is 4.31 Å². The van der Waals surface area contributed by atoms with Crippen LogP contribution in [0.15, 0.2) is 65.7 Å². The van der Waals surface area contributed by atoms with Crippen LogP contribution in [0.4, 0.5) is 5.82 Å². The average molecular weight is 416 g/mol. The van der Waals surface area contributed by atoms with Gasteiger partial charge in [0, 0.05) is 18.1 Å². The van der Waals surface area contributed by atoms with E-state index in [4.69, 9.17) is 11.6 Å². The average Bonchev–Trinajstić information content (AvgIpc) is 3.20. The highest BCUT2D eigenvalue weighted by Gasteiger charge is 2.40. The molecule has 1 aliphatic heterocycles. The van der Waals surface area contributed by atoms with E-state index in [0.29, 0.717) is 35.6 Å². The van der Waals surface area contributed by atoms with Gasteiger partial charge in [0.25, 0.3) is 0 Å². The Balaban J connectivity index is 1.65. The summed E-state index contributed by atoms with van der Waals surface area (Å²) in [7, 11) is -3.83. The number of halogens is 1. The third-order valence-electron chi connectivity index (χ3n) is 4.82. The summed E-state index contributed by atoms with van der Waals surface area (Å²) in [6.07, 6.45) is 2.51. The fourth-order valence-corrected chi connectivity index (χ4v) is 5.48. The van der Waals surface area contributed by atoms with Gasteiger partial charge >= 0.3 is 0 Å². The van der Waals surface area contributed by atoms with Crippen molar-refractivity contribution in [1.82, 2.24) is 9.29 Å². The normalized spacial score (nSPS) is 17.7. The number of pyridine rings is 1. The number of anilines is 1. The molecule has 3 aromatic rings. The molecule has 144 valence electrons. The van der Waals surface area contributed by atoms with Gasteiger partial charge in [-0.05, 0) is 36.4 Å². The molecule has 0 radical (unpaired) electrons. The van der Waals surface area contributed by atoms with E-state index in [9.17, 15) is 13.2 Å². The highest BCUT2D eigenvalue weighted by atomic mass is 35.5. The van der Waals surface area contributed by atoms with Gasteiger partial charge in [-0.3, -0.25) is 4.79 Å². The quantitative estimate of drug-likeness (QED) is 0.704. The van der Waals surface area contributed by atoms with Gasteiger partial charge in [0.05, 0.1) is 9.92 Å². The second-order valence-corrected chi connectivity index (χ2v) is 8.90. The van der Waals surface area contributed by atoms with Gasteiger partial charge in [-0.15, -0.1) is 0 Å². The molecule has 0 unspecified atom stereocenters. The minimum absolute atomic E-state index is 0.218. The van der Waals surface area contributed by atoms with E-state index in [1.54, 1.807) is 30.3 Å². The maximum atomic E-state index is 13.4. The summed E-state index contributed by atoms with van der Waals surface area (Å²) in [6, 6.07) is 14.9. The van der Waals surface area contributed by atoms with E-state index >= 15 is 0 Å². The molecule has 1 fully saturated rings. The first-order valence-electron chi connectivity index (χ1n) is 8.89. The van der Waals surface area contributed by atoms with E-state index in [1.165, 1.54) is 10.5 Å². The minimum Gasteiger partial charge on any atom is -0.309 e. The second kappa shape index (κ2) is 7.50. The van der Waals surface area contributed by atoms with Crippen molar-refractivity contribution in [3.8, 4) is 0 Å². The monoisotopic (exact) mass is 415 g/mol. The molecule has 1 atom stereocenters. The van der Waals surface area contributed by atoms with Crippen LogP contribution in [0.2, 0.25) is 5.02 Å². The van der Waals surface area contributed by atoms with Crippen molar-refractivity contribution in [2.24, 2.45) is 0 Å². The SMILES string of the molecule is O=C(Nc1ccc(Cl)cn1)[C@@H]1CCCN1S(=O)(=O)c1cccc2ccccc12. The molecular formula is C20H18ClN3O3S. The predicted octanol–water partition coefficient (Wildman–Crippen LogP) is 3.68. The van der Waals surface area contributed by atoms with E-state index in [-0.39, 0.29) is 4.90 Å². The number of carbonyl (C=O) groups excluding carboxylic acids is 1. The number of nitrogens with one attached hydrogen (secondary N) is 1. The van der Waals surface area contributed by atoms with Crippen molar-refractivity contribution in [2.45, 2.75) is 23.8 Å². The number of aromatic nitrogens is 1. The maximum Gasteiger partial charge on any atom is 0.244 e. The molecule has 2 aromatic carbocycles. The summed E-state index contributed by atoms with van der Waals surface area (Å²) >= 11 is 5.81. The van der Waals surface area contributed by atoms with Gasteiger partial charge < -0.3 is 5.32 Å². The fourth-order valence-electron chi connectivity index (χ4n) is 3.50. The smallest absolute Gasteiger partial charge is 0.244 e. The second-order valence-electron chi connectivity index (χ2n) is 6.60. The van der Waals surface area contributed by atoms with Crippen LogP contribution in [0.25, 0.3) is 10.8 Å². The molecule has 2 heterocycles. The third-order valence-corrected chi connectivity index (χ3v) is 7.01. The molecule has 0 saturated carbocycles. The number of fused-ring (bicyclic) bond motifs is 1. The predicted molar refractivity (Wildman–Crippen MR) is 109 cm³/mol. The first-order chi connectivity index (χ1) is 13.5. The number of amides is 1. The molecule has 1 amide bonds. The van der Waals surface area contributed by atoms with Crippen molar-refractivity contribution in [3.63, 3.8) is 0 Å². The molecular weight excluding hydrogens is 398 g/mol. The summed E-state index contributed by atoms with van der Waals surface area (Å²) in [5.74, 6) is -0.0556. The zero-order valence-electron chi connectivity index (χ0n) is 14.9. The molecule has 1 aromatic heterocycles. The lowest BCUT2D eigenvalue weighted by Crippen LogP contribution is -2.43. The number of hydrogen-bond donors (Lipinski definition) is 1. The first-order valence-corrected chi connectivity index (χ1v) is 10.7. The van der Waals surface area contributed by atoms with E-state index in [0.717, 1.165) is 5.39 Å². The van der Waals surface area contributed by atoms with Crippen molar-refractivity contribution < 1.29 is 13.2 Å². The summed E-state index contributed by atoms with van der Waals surface area (Å²) in [5.41, 5.74) is 0. The minimum atomic E-state index is -3.83.